The van der Waals surface area contributed by atoms with Gasteiger partial charge in [-0.15, -0.1) is 11.3 Å². The van der Waals surface area contributed by atoms with Crippen molar-refractivity contribution in [3.63, 3.8) is 0 Å². The van der Waals surface area contributed by atoms with Gasteiger partial charge in [0, 0.05) is 61.0 Å². The summed E-state index contributed by atoms with van der Waals surface area (Å²) in [5.74, 6) is 0.665. The Hall–Kier alpha value is -7.86. The summed E-state index contributed by atoms with van der Waals surface area (Å²) >= 11 is 1.88. The number of pyridine rings is 2. The van der Waals surface area contributed by atoms with Crippen LogP contribution in [0.1, 0.15) is 22.3 Å². The number of fused-ring (bicyclic) bond motifs is 15. The molecule has 11 aromatic rings. The van der Waals surface area contributed by atoms with Crippen LogP contribution < -0.4 is 0 Å². The summed E-state index contributed by atoms with van der Waals surface area (Å²) in [5, 5.41) is 2.59. The highest BCUT2D eigenvalue weighted by Gasteiger charge is 2.50. The van der Waals surface area contributed by atoms with Crippen molar-refractivity contribution in [1.82, 2.24) is 19.9 Å². The van der Waals surface area contributed by atoms with Crippen LogP contribution in [0.4, 0.5) is 0 Å². The number of benzene rings is 7. The van der Waals surface area contributed by atoms with E-state index in [1.54, 1.807) is 6.20 Å². The second-order valence-electron chi connectivity index (χ2n) is 16.1. The number of thiophene rings is 1. The first-order valence-electron chi connectivity index (χ1n) is 20.9. The summed E-state index contributed by atoms with van der Waals surface area (Å²) in [6, 6.07) is 68.4. The molecule has 0 amide bonds. The van der Waals surface area contributed by atoms with E-state index in [0.29, 0.717) is 5.82 Å². The van der Waals surface area contributed by atoms with Crippen molar-refractivity contribution in [3.05, 3.63) is 229 Å². The molecule has 0 saturated carbocycles. The molecule has 5 heteroatoms. The molecular formula is C57H34N4S. The Morgan fingerprint density at radius 2 is 0.968 bits per heavy atom. The smallest absolute Gasteiger partial charge is 0.160 e. The molecule has 2 aliphatic carbocycles. The quantitative estimate of drug-likeness (QED) is 0.178. The Balaban J connectivity index is 1.10. The molecule has 0 fully saturated rings. The Bertz CT molecular complexity index is 3580. The van der Waals surface area contributed by atoms with Crippen molar-refractivity contribution in [1.29, 1.82) is 0 Å². The summed E-state index contributed by atoms with van der Waals surface area (Å²) < 4.78 is 2.61. The Labute approximate surface area is 362 Å². The van der Waals surface area contributed by atoms with Crippen molar-refractivity contribution in [2.75, 3.05) is 0 Å². The summed E-state index contributed by atoms with van der Waals surface area (Å²) in [6.07, 6.45) is 5.53. The molecule has 0 aliphatic heterocycles. The molecular weight excluding hydrogens is 773 g/mol. The fourth-order valence-electron chi connectivity index (χ4n) is 10.2. The van der Waals surface area contributed by atoms with Gasteiger partial charge in [-0.3, -0.25) is 9.97 Å². The van der Waals surface area contributed by atoms with Crippen LogP contribution >= 0.6 is 11.3 Å². The highest BCUT2D eigenvalue weighted by atomic mass is 32.1. The molecule has 4 nitrogen and oxygen atoms in total. The fraction of sp³-hybridized carbons (Fsp3) is 0.0175. The van der Waals surface area contributed by atoms with E-state index >= 15 is 0 Å². The zero-order valence-corrected chi connectivity index (χ0v) is 34.1. The molecule has 1 unspecified atom stereocenters. The number of aromatic nitrogens is 4. The van der Waals surface area contributed by atoms with Crippen molar-refractivity contribution in [3.8, 4) is 78.5 Å². The Morgan fingerprint density at radius 1 is 0.355 bits per heavy atom. The Morgan fingerprint density at radius 3 is 1.71 bits per heavy atom. The minimum Gasteiger partial charge on any atom is -0.264 e. The van der Waals surface area contributed by atoms with Crippen LogP contribution in [0.15, 0.2) is 207 Å². The zero-order valence-electron chi connectivity index (χ0n) is 33.3. The van der Waals surface area contributed by atoms with Crippen LogP contribution in [0.5, 0.6) is 0 Å². The number of hydrogen-bond acceptors (Lipinski definition) is 5. The van der Waals surface area contributed by atoms with Gasteiger partial charge in [0.1, 0.15) is 0 Å². The van der Waals surface area contributed by atoms with Gasteiger partial charge in [0.15, 0.2) is 5.82 Å². The third-order valence-electron chi connectivity index (χ3n) is 12.9. The van der Waals surface area contributed by atoms with Gasteiger partial charge < -0.3 is 0 Å². The average molecular weight is 807 g/mol. The van der Waals surface area contributed by atoms with Crippen molar-refractivity contribution >= 4 is 31.5 Å². The Kier molecular flexibility index (Phi) is 7.66. The minimum absolute atomic E-state index is 0.645. The average Bonchev–Trinajstić information content (AvgIpc) is 3.83. The van der Waals surface area contributed by atoms with E-state index in [-0.39, 0.29) is 0 Å². The molecule has 4 aromatic heterocycles. The van der Waals surface area contributed by atoms with Crippen LogP contribution in [0, 0.1) is 0 Å². The largest absolute Gasteiger partial charge is 0.264 e. The van der Waals surface area contributed by atoms with Gasteiger partial charge >= 0.3 is 0 Å². The van der Waals surface area contributed by atoms with E-state index in [0.717, 1.165) is 39.3 Å². The monoisotopic (exact) mass is 806 g/mol. The highest BCUT2D eigenvalue weighted by Crippen LogP contribution is 2.62. The van der Waals surface area contributed by atoms with Crippen molar-refractivity contribution < 1.29 is 0 Å². The fourth-order valence-corrected chi connectivity index (χ4v) is 11.3. The van der Waals surface area contributed by atoms with E-state index < -0.39 is 5.41 Å². The molecule has 7 aromatic carbocycles. The maximum absolute atomic E-state index is 5.36. The first-order chi connectivity index (χ1) is 30.7. The standard InChI is InChI=1S/C57H34N4S/c1-2-13-35(14-3-1)56-60-52(32-53(61-56)38-25-27-51(59-34-38)37-15-12-28-58-33-37)36-24-26-43-40-17-5-4-16-39(40)41-18-6-9-21-47(41)57(49(43)29-36)48-22-10-7-19-42(48)45-31-55-46(30-50(45)57)44-20-8-11-23-54(44)62-55/h1-34H. The molecule has 0 bridgehead atoms. The van der Waals surface area contributed by atoms with E-state index in [1.165, 1.54) is 75.8 Å². The van der Waals surface area contributed by atoms with Gasteiger partial charge in [0.2, 0.25) is 0 Å². The van der Waals surface area contributed by atoms with E-state index in [1.807, 2.05) is 60.1 Å². The lowest BCUT2D eigenvalue weighted by Crippen LogP contribution is -2.29. The van der Waals surface area contributed by atoms with E-state index in [9.17, 15) is 0 Å². The highest BCUT2D eigenvalue weighted by molar-refractivity contribution is 7.25. The molecule has 1 spiro atoms. The molecule has 0 saturated heterocycles. The van der Waals surface area contributed by atoms with E-state index in [2.05, 4.69) is 157 Å². The molecule has 62 heavy (non-hydrogen) atoms. The summed E-state index contributed by atoms with van der Waals surface area (Å²) in [5.41, 5.74) is 18.3. The maximum atomic E-state index is 5.36. The predicted molar refractivity (Wildman–Crippen MR) is 254 cm³/mol. The molecule has 2 aliphatic rings. The summed E-state index contributed by atoms with van der Waals surface area (Å²) in [4.78, 5) is 19.7. The third kappa shape index (κ3) is 5.12. The van der Waals surface area contributed by atoms with E-state index in [4.69, 9.17) is 15.0 Å². The molecule has 1 atom stereocenters. The van der Waals surface area contributed by atoms with Crippen LogP contribution in [0.3, 0.4) is 0 Å². The zero-order chi connectivity index (χ0) is 40.8. The van der Waals surface area contributed by atoms with Gasteiger partial charge in [-0.2, -0.15) is 0 Å². The number of hydrogen-bond donors (Lipinski definition) is 0. The lowest BCUT2D eigenvalue weighted by molar-refractivity contribution is 0.777. The van der Waals surface area contributed by atoms with Crippen LogP contribution in [0.2, 0.25) is 0 Å². The first-order valence-corrected chi connectivity index (χ1v) is 21.8. The molecule has 0 N–H and O–H groups in total. The van der Waals surface area contributed by atoms with Crippen LogP contribution in [-0.4, -0.2) is 19.9 Å². The topological polar surface area (TPSA) is 51.6 Å². The number of nitrogens with zero attached hydrogens (tertiary/aromatic N) is 4. The number of rotatable bonds is 4. The van der Waals surface area contributed by atoms with Crippen LogP contribution in [0.25, 0.3) is 98.7 Å². The third-order valence-corrected chi connectivity index (χ3v) is 14.0. The molecule has 4 heterocycles. The lowest BCUT2D eigenvalue weighted by atomic mass is 9.65. The predicted octanol–water partition coefficient (Wildman–Crippen LogP) is 14.3. The lowest BCUT2D eigenvalue weighted by Gasteiger charge is -2.35. The van der Waals surface area contributed by atoms with Gasteiger partial charge in [0.05, 0.1) is 22.5 Å². The first kappa shape index (κ1) is 34.9. The second kappa shape index (κ2) is 13.6. The summed E-state index contributed by atoms with van der Waals surface area (Å²) in [7, 11) is 0. The normalized spacial score (nSPS) is 14.5. The van der Waals surface area contributed by atoms with Gasteiger partial charge in [-0.05, 0) is 110 Å². The maximum Gasteiger partial charge on any atom is 0.160 e. The van der Waals surface area contributed by atoms with Crippen LogP contribution in [-0.2, 0) is 5.41 Å². The van der Waals surface area contributed by atoms with Crippen molar-refractivity contribution in [2.24, 2.45) is 0 Å². The second-order valence-corrected chi connectivity index (χ2v) is 17.2. The molecule has 288 valence electrons. The summed E-state index contributed by atoms with van der Waals surface area (Å²) in [6.45, 7) is 0. The van der Waals surface area contributed by atoms with Gasteiger partial charge in [-0.1, -0.05) is 133 Å². The minimum atomic E-state index is -0.645. The molecule has 13 rings (SSSR count). The van der Waals surface area contributed by atoms with Gasteiger partial charge in [0.25, 0.3) is 0 Å². The molecule has 0 radical (unpaired) electrons. The van der Waals surface area contributed by atoms with Crippen molar-refractivity contribution in [2.45, 2.75) is 5.41 Å². The van der Waals surface area contributed by atoms with Gasteiger partial charge in [-0.25, -0.2) is 9.97 Å². The SMILES string of the molecule is c1ccc(-c2nc(-c3ccc(-c4cccnc4)nc3)cc(-c3ccc4c(c3)C3(c5ccccc5-c5ccccc5-4)c4ccccc4-c4cc5sc6ccccc6c5cc43)n2)cc1.